The number of benzene rings is 3. The summed E-state index contributed by atoms with van der Waals surface area (Å²) in [6, 6.07) is 21.0. The number of aryl methyl sites for hydroxylation is 1. The van der Waals surface area contributed by atoms with E-state index in [0.717, 1.165) is 22.8 Å². The molecule has 0 aliphatic carbocycles. The van der Waals surface area contributed by atoms with Gasteiger partial charge in [0.25, 0.3) is 5.91 Å². The van der Waals surface area contributed by atoms with Crippen LogP contribution in [0.1, 0.15) is 40.9 Å². The summed E-state index contributed by atoms with van der Waals surface area (Å²) in [6.45, 7) is 3.73. The molecule has 3 rings (SSSR count). The number of amides is 1. The summed E-state index contributed by atoms with van der Waals surface area (Å²) in [5.41, 5.74) is 2.67. The SMILES string of the molecule is CC[C@H](NC(=O)COC(=O)c1cccc2ccccc12)c1ccc(C)cc1. The van der Waals surface area contributed by atoms with Crippen molar-refractivity contribution in [3.63, 3.8) is 0 Å². The van der Waals surface area contributed by atoms with Gasteiger partial charge in [0, 0.05) is 0 Å². The Balaban J connectivity index is 1.62. The van der Waals surface area contributed by atoms with Crippen LogP contribution in [0.25, 0.3) is 10.8 Å². The van der Waals surface area contributed by atoms with E-state index in [9.17, 15) is 9.59 Å². The molecule has 27 heavy (non-hydrogen) atoms. The summed E-state index contributed by atoms with van der Waals surface area (Å²) in [5, 5.41) is 4.71. The van der Waals surface area contributed by atoms with Crippen LogP contribution in [0.5, 0.6) is 0 Å². The van der Waals surface area contributed by atoms with Gasteiger partial charge in [0.05, 0.1) is 11.6 Å². The van der Waals surface area contributed by atoms with Crippen molar-refractivity contribution < 1.29 is 14.3 Å². The van der Waals surface area contributed by atoms with Crippen molar-refractivity contribution in [1.82, 2.24) is 5.32 Å². The van der Waals surface area contributed by atoms with Gasteiger partial charge in [-0.05, 0) is 35.7 Å². The molecule has 1 N–H and O–H groups in total. The third kappa shape index (κ3) is 4.53. The fourth-order valence-corrected chi connectivity index (χ4v) is 3.07. The fraction of sp³-hybridized carbons (Fsp3) is 0.217. The largest absolute Gasteiger partial charge is 0.452 e. The molecule has 0 aliphatic heterocycles. The van der Waals surface area contributed by atoms with Crippen molar-refractivity contribution in [2.24, 2.45) is 0 Å². The number of nitrogens with one attached hydrogen (secondary N) is 1. The van der Waals surface area contributed by atoms with E-state index in [1.807, 2.05) is 74.5 Å². The number of ether oxygens (including phenoxy) is 1. The van der Waals surface area contributed by atoms with E-state index in [1.54, 1.807) is 6.07 Å². The highest BCUT2D eigenvalue weighted by atomic mass is 16.5. The van der Waals surface area contributed by atoms with Crippen LogP contribution in [-0.2, 0) is 9.53 Å². The molecule has 0 bridgehead atoms. The average molecular weight is 361 g/mol. The molecule has 0 saturated heterocycles. The lowest BCUT2D eigenvalue weighted by atomic mass is 10.0. The minimum absolute atomic E-state index is 0.102. The van der Waals surface area contributed by atoms with Crippen molar-refractivity contribution in [1.29, 1.82) is 0 Å². The van der Waals surface area contributed by atoms with E-state index in [0.29, 0.717) is 5.56 Å². The van der Waals surface area contributed by atoms with Gasteiger partial charge in [0.15, 0.2) is 6.61 Å². The highest BCUT2D eigenvalue weighted by Crippen LogP contribution is 2.20. The Hall–Kier alpha value is -3.14. The van der Waals surface area contributed by atoms with Gasteiger partial charge in [0.2, 0.25) is 0 Å². The Bertz CT molecular complexity index is 942. The van der Waals surface area contributed by atoms with Crippen molar-refractivity contribution in [2.75, 3.05) is 6.61 Å². The first-order valence-electron chi connectivity index (χ1n) is 9.09. The molecule has 0 heterocycles. The molecule has 4 heteroatoms. The Kier molecular flexibility index (Phi) is 5.87. The van der Waals surface area contributed by atoms with Crippen molar-refractivity contribution >= 4 is 22.6 Å². The van der Waals surface area contributed by atoms with Crippen LogP contribution in [0.2, 0.25) is 0 Å². The van der Waals surface area contributed by atoms with Crippen LogP contribution in [0.4, 0.5) is 0 Å². The third-order valence-corrected chi connectivity index (χ3v) is 4.57. The third-order valence-electron chi connectivity index (χ3n) is 4.57. The lowest BCUT2D eigenvalue weighted by molar-refractivity contribution is -0.125. The first-order chi connectivity index (χ1) is 13.1. The Morgan fingerprint density at radius 1 is 0.963 bits per heavy atom. The number of carbonyl (C=O) groups excluding carboxylic acids is 2. The molecule has 0 fully saturated rings. The zero-order valence-corrected chi connectivity index (χ0v) is 15.6. The second kappa shape index (κ2) is 8.49. The molecule has 1 amide bonds. The number of fused-ring (bicyclic) bond motifs is 1. The first kappa shape index (κ1) is 18.6. The Morgan fingerprint density at radius 2 is 1.67 bits per heavy atom. The minimum Gasteiger partial charge on any atom is -0.452 e. The van der Waals surface area contributed by atoms with Crippen molar-refractivity contribution in [3.05, 3.63) is 83.4 Å². The van der Waals surface area contributed by atoms with Gasteiger partial charge in [-0.15, -0.1) is 0 Å². The van der Waals surface area contributed by atoms with Crippen LogP contribution < -0.4 is 5.32 Å². The zero-order chi connectivity index (χ0) is 19.2. The molecule has 3 aromatic rings. The maximum atomic E-state index is 12.4. The standard InChI is InChI=1S/C23H23NO3/c1-3-21(18-13-11-16(2)12-14-18)24-22(25)15-27-23(26)20-10-6-8-17-7-4-5-9-19(17)20/h4-14,21H,3,15H2,1-2H3,(H,24,25)/t21-/m0/s1. The summed E-state index contributed by atoms with van der Waals surface area (Å²) < 4.78 is 5.25. The first-order valence-corrected chi connectivity index (χ1v) is 9.09. The number of hydrogen-bond acceptors (Lipinski definition) is 3. The van der Waals surface area contributed by atoms with Crippen molar-refractivity contribution in [2.45, 2.75) is 26.3 Å². The van der Waals surface area contributed by atoms with Gasteiger partial charge in [-0.3, -0.25) is 4.79 Å². The zero-order valence-electron chi connectivity index (χ0n) is 15.6. The van der Waals surface area contributed by atoms with Gasteiger partial charge in [0.1, 0.15) is 0 Å². The number of hydrogen-bond donors (Lipinski definition) is 1. The number of rotatable bonds is 6. The highest BCUT2D eigenvalue weighted by molar-refractivity contribution is 6.04. The molecule has 0 aliphatic rings. The maximum Gasteiger partial charge on any atom is 0.339 e. The summed E-state index contributed by atoms with van der Waals surface area (Å²) in [7, 11) is 0. The fourth-order valence-electron chi connectivity index (χ4n) is 3.07. The second-order valence-corrected chi connectivity index (χ2v) is 6.54. The topological polar surface area (TPSA) is 55.4 Å². The van der Waals surface area contributed by atoms with E-state index >= 15 is 0 Å². The van der Waals surface area contributed by atoms with Gasteiger partial charge in [-0.25, -0.2) is 4.79 Å². The predicted molar refractivity (Wildman–Crippen MR) is 107 cm³/mol. The summed E-state index contributed by atoms with van der Waals surface area (Å²) >= 11 is 0. The predicted octanol–water partition coefficient (Wildman–Crippen LogP) is 4.57. The van der Waals surface area contributed by atoms with Crippen LogP contribution in [0.15, 0.2) is 66.7 Å². The molecule has 1 atom stereocenters. The highest BCUT2D eigenvalue weighted by Gasteiger charge is 2.16. The number of esters is 1. The lowest BCUT2D eigenvalue weighted by Crippen LogP contribution is -2.32. The monoisotopic (exact) mass is 361 g/mol. The van der Waals surface area contributed by atoms with E-state index in [2.05, 4.69) is 5.32 Å². The van der Waals surface area contributed by atoms with Gasteiger partial charge in [-0.2, -0.15) is 0 Å². The van der Waals surface area contributed by atoms with Crippen LogP contribution in [0, 0.1) is 6.92 Å². The van der Waals surface area contributed by atoms with E-state index in [4.69, 9.17) is 4.74 Å². The van der Waals surface area contributed by atoms with E-state index in [1.165, 1.54) is 5.56 Å². The maximum absolute atomic E-state index is 12.4. The molecule has 3 aromatic carbocycles. The van der Waals surface area contributed by atoms with Crippen molar-refractivity contribution in [3.8, 4) is 0 Å². The minimum atomic E-state index is -0.495. The summed E-state index contributed by atoms with van der Waals surface area (Å²) in [6.07, 6.45) is 0.756. The number of carbonyl (C=O) groups is 2. The molecular formula is C23H23NO3. The van der Waals surface area contributed by atoms with Gasteiger partial charge in [-0.1, -0.05) is 73.2 Å². The quantitative estimate of drug-likeness (QED) is 0.654. The van der Waals surface area contributed by atoms with Crippen LogP contribution in [0.3, 0.4) is 0 Å². The molecule has 0 aromatic heterocycles. The molecule has 0 unspecified atom stereocenters. The smallest absolute Gasteiger partial charge is 0.339 e. The Morgan fingerprint density at radius 3 is 2.41 bits per heavy atom. The van der Waals surface area contributed by atoms with E-state index in [-0.39, 0.29) is 18.6 Å². The molecular weight excluding hydrogens is 338 g/mol. The van der Waals surface area contributed by atoms with Crippen LogP contribution >= 0.6 is 0 Å². The lowest BCUT2D eigenvalue weighted by Gasteiger charge is -2.17. The molecule has 0 saturated carbocycles. The normalized spacial score (nSPS) is 11.8. The summed E-state index contributed by atoms with van der Waals surface area (Å²) in [4.78, 5) is 24.7. The van der Waals surface area contributed by atoms with E-state index < -0.39 is 5.97 Å². The second-order valence-electron chi connectivity index (χ2n) is 6.54. The van der Waals surface area contributed by atoms with Gasteiger partial charge >= 0.3 is 5.97 Å². The molecule has 0 radical (unpaired) electrons. The Labute approximate surface area is 159 Å². The molecule has 138 valence electrons. The average Bonchev–Trinajstić information content (AvgIpc) is 2.70. The molecule has 0 spiro atoms. The van der Waals surface area contributed by atoms with Crippen LogP contribution in [-0.4, -0.2) is 18.5 Å². The molecule has 4 nitrogen and oxygen atoms in total. The van der Waals surface area contributed by atoms with Gasteiger partial charge < -0.3 is 10.1 Å². The summed E-state index contributed by atoms with van der Waals surface area (Å²) in [5.74, 6) is -0.804.